The van der Waals surface area contributed by atoms with Crippen molar-refractivity contribution in [2.24, 2.45) is 5.92 Å². The van der Waals surface area contributed by atoms with Gasteiger partial charge < -0.3 is 29.1 Å². The number of hydrogen-bond acceptors (Lipinski definition) is 8. The molecule has 2 fully saturated rings. The van der Waals surface area contributed by atoms with Crippen LogP contribution in [0.1, 0.15) is 76.0 Å². The number of nitrogens with zero attached hydrogens (tertiary/aromatic N) is 4. The number of benzene rings is 1. The van der Waals surface area contributed by atoms with Crippen molar-refractivity contribution < 1.29 is 28.4 Å². The van der Waals surface area contributed by atoms with Gasteiger partial charge in [-0.2, -0.15) is 4.98 Å². The first-order valence-electron chi connectivity index (χ1n) is 14.1. The lowest BCUT2D eigenvalue weighted by atomic mass is 9.97. The molecule has 2 aromatic rings. The lowest BCUT2D eigenvalue weighted by molar-refractivity contribution is -0.147. The van der Waals surface area contributed by atoms with E-state index < -0.39 is 18.0 Å². The van der Waals surface area contributed by atoms with Crippen molar-refractivity contribution in [1.82, 2.24) is 25.3 Å². The summed E-state index contributed by atoms with van der Waals surface area (Å²) in [7, 11) is 0. The Morgan fingerprint density at radius 1 is 1.12 bits per heavy atom. The normalized spacial score (nSPS) is 18.6. The summed E-state index contributed by atoms with van der Waals surface area (Å²) in [4.78, 5) is 48.3. The molecule has 1 aromatic carbocycles. The number of carbonyl (C=O) groups is 3. The van der Waals surface area contributed by atoms with Gasteiger partial charge in [0.05, 0.1) is 18.8 Å². The third-order valence-electron chi connectivity index (χ3n) is 7.05. The molecule has 3 heterocycles. The number of likely N-dealkylation sites (tertiary alicyclic amines) is 1. The second-order valence-electron chi connectivity index (χ2n) is 11.8. The predicted molar refractivity (Wildman–Crippen MR) is 147 cm³/mol. The standard InChI is InChI=1S/C29H41N5O6/c1-19(2)17-21(26(36)34-12-8-10-22(34)27(37)33-13-15-38-16-14-33)30-25(35)20-9-6-7-11-23(20)39-18-24-31-28(40-32-24)29(3,4)5/h6-7,9,11,19,21-22H,8,10,12-18H2,1-5H3,(H,30,35). The molecule has 218 valence electrons. The van der Waals surface area contributed by atoms with Gasteiger partial charge in [0.25, 0.3) is 5.91 Å². The summed E-state index contributed by atoms with van der Waals surface area (Å²) in [5.74, 6) is 0.668. The van der Waals surface area contributed by atoms with Crippen LogP contribution in [-0.4, -0.2) is 82.6 Å². The molecule has 40 heavy (non-hydrogen) atoms. The second kappa shape index (κ2) is 12.8. The number of para-hydroxylation sites is 1. The number of nitrogens with one attached hydrogen (secondary N) is 1. The summed E-state index contributed by atoms with van der Waals surface area (Å²) in [6, 6.07) is 5.57. The Morgan fingerprint density at radius 3 is 2.52 bits per heavy atom. The molecule has 0 spiro atoms. The molecular weight excluding hydrogens is 514 g/mol. The molecule has 3 amide bonds. The fourth-order valence-corrected chi connectivity index (χ4v) is 4.95. The van der Waals surface area contributed by atoms with Crippen molar-refractivity contribution in [3.8, 4) is 5.75 Å². The summed E-state index contributed by atoms with van der Waals surface area (Å²) in [5, 5.41) is 6.91. The maximum absolute atomic E-state index is 13.8. The Bertz CT molecular complexity index is 1180. The van der Waals surface area contributed by atoms with Gasteiger partial charge in [-0.05, 0) is 37.3 Å². The Morgan fingerprint density at radius 2 is 1.85 bits per heavy atom. The first-order valence-corrected chi connectivity index (χ1v) is 14.1. The van der Waals surface area contributed by atoms with E-state index in [0.717, 1.165) is 6.42 Å². The monoisotopic (exact) mass is 555 g/mol. The zero-order chi connectivity index (χ0) is 28.9. The smallest absolute Gasteiger partial charge is 0.255 e. The first kappa shape index (κ1) is 29.5. The second-order valence-corrected chi connectivity index (χ2v) is 11.8. The molecule has 2 aliphatic rings. The lowest BCUT2D eigenvalue weighted by Gasteiger charge is -2.34. The summed E-state index contributed by atoms with van der Waals surface area (Å²) in [5.41, 5.74) is 0.00767. The summed E-state index contributed by atoms with van der Waals surface area (Å²) in [6.45, 7) is 12.5. The van der Waals surface area contributed by atoms with Gasteiger partial charge in [0.2, 0.25) is 23.5 Å². The van der Waals surface area contributed by atoms with Gasteiger partial charge in [0.15, 0.2) is 6.61 Å². The summed E-state index contributed by atoms with van der Waals surface area (Å²) >= 11 is 0. The maximum Gasteiger partial charge on any atom is 0.255 e. The molecule has 0 aliphatic carbocycles. The van der Waals surface area contributed by atoms with E-state index in [0.29, 0.717) is 68.7 Å². The van der Waals surface area contributed by atoms with E-state index in [-0.39, 0.29) is 29.8 Å². The van der Waals surface area contributed by atoms with Gasteiger partial charge in [-0.15, -0.1) is 0 Å². The number of aromatic nitrogens is 2. The van der Waals surface area contributed by atoms with Crippen molar-refractivity contribution in [1.29, 1.82) is 0 Å². The van der Waals surface area contributed by atoms with Crippen molar-refractivity contribution >= 4 is 17.7 Å². The Labute approximate surface area is 235 Å². The fourth-order valence-electron chi connectivity index (χ4n) is 4.95. The molecule has 2 aliphatic heterocycles. The van der Waals surface area contributed by atoms with E-state index in [1.54, 1.807) is 34.1 Å². The third kappa shape index (κ3) is 7.18. The van der Waals surface area contributed by atoms with Crippen LogP contribution >= 0.6 is 0 Å². The molecule has 0 saturated carbocycles. The molecule has 11 heteroatoms. The molecule has 4 rings (SSSR count). The Balaban J connectivity index is 1.46. The molecular formula is C29H41N5O6. The van der Waals surface area contributed by atoms with E-state index in [2.05, 4.69) is 15.5 Å². The van der Waals surface area contributed by atoms with Crippen molar-refractivity contribution in [2.75, 3.05) is 32.8 Å². The van der Waals surface area contributed by atoms with E-state index in [4.69, 9.17) is 14.0 Å². The molecule has 0 bridgehead atoms. The SMILES string of the molecule is CC(C)CC(NC(=O)c1ccccc1OCc1noc(C(C)(C)C)n1)C(=O)N1CCCC1C(=O)N1CCOCC1. The van der Waals surface area contributed by atoms with Gasteiger partial charge in [0, 0.05) is 25.0 Å². The van der Waals surface area contributed by atoms with E-state index in [1.165, 1.54) is 0 Å². The average Bonchev–Trinajstić information content (AvgIpc) is 3.61. The number of hydrogen-bond donors (Lipinski definition) is 1. The maximum atomic E-state index is 13.8. The topological polar surface area (TPSA) is 127 Å². The minimum atomic E-state index is -0.773. The summed E-state index contributed by atoms with van der Waals surface area (Å²) in [6.07, 6.45) is 1.81. The highest BCUT2D eigenvalue weighted by atomic mass is 16.5. The van der Waals surface area contributed by atoms with E-state index >= 15 is 0 Å². The highest BCUT2D eigenvalue weighted by molar-refractivity contribution is 6.00. The van der Waals surface area contributed by atoms with E-state index in [9.17, 15) is 14.4 Å². The molecule has 11 nitrogen and oxygen atoms in total. The average molecular weight is 556 g/mol. The molecule has 1 N–H and O–H groups in total. The van der Waals surface area contributed by atoms with Gasteiger partial charge in [-0.1, -0.05) is 51.9 Å². The number of morpholine rings is 1. The molecule has 0 radical (unpaired) electrons. The van der Waals surface area contributed by atoms with Crippen LogP contribution in [0.5, 0.6) is 5.75 Å². The lowest BCUT2D eigenvalue weighted by Crippen LogP contribution is -2.55. The first-order chi connectivity index (χ1) is 19.0. The largest absolute Gasteiger partial charge is 0.485 e. The van der Waals surface area contributed by atoms with Crippen LogP contribution in [0, 0.1) is 5.92 Å². The quantitative estimate of drug-likeness (QED) is 0.500. The van der Waals surface area contributed by atoms with Crippen LogP contribution in [0.2, 0.25) is 0 Å². The van der Waals surface area contributed by atoms with Crippen LogP contribution in [0.3, 0.4) is 0 Å². The van der Waals surface area contributed by atoms with Gasteiger partial charge >= 0.3 is 0 Å². The van der Waals surface area contributed by atoms with Crippen LogP contribution < -0.4 is 10.1 Å². The van der Waals surface area contributed by atoms with Gasteiger partial charge in [0.1, 0.15) is 17.8 Å². The molecule has 1 aromatic heterocycles. The molecule has 2 atom stereocenters. The zero-order valence-corrected chi connectivity index (χ0v) is 24.1. The minimum absolute atomic E-state index is 0.0251. The van der Waals surface area contributed by atoms with E-state index in [1.807, 2.05) is 34.6 Å². The van der Waals surface area contributed by atoms with Crippen molar-refractivity contribution in [3.63, 3.8) is 0 Å². The highest BCUT2D eigenvalue weighted by Gasteiger charge is 2.40. The van der Waals surface area contributed by atoms with Crippen LogP contribution in [-0.2, 0) is 26.3 Å². The Hall–Kier alpha value is -3.47. The molecule has 2 saturated heterocycles. The number of amides is 3. The number of ether oxygens (including phenoxy) is 2. The van der Waals surface area contributed by atoms with Gasteiger partial charge in [-0.3, -0.25) is 14.4 Å². The van der Waals surface area contributed by atoms with Crippen LogP contribution in [0.4, 0.5) is 0 Å². The molecule has 2 unspecified atom stereocenters. The van der Waals surface area contributed by atoms with Crippen molar-refractivity contribution in [3.05, 3.63) is 41.5 Å². The predicted octanol–water partition coefficient (Wildman–Crippen LogP) is 2.94. The number of rotatable bonds is 9. The van der Waals surface area contributed by atoms with Gasteiger partial charge in [-0.25, -0.2) is 0 Å². The fraction of sp³-hybridized carbons (Fsp3) is 0.621. The summed E-state index contributed by atoms with van der Waals surface area (Å²) < 4.78 is 16.6. The third-order valence-corrected chi connectivity index (χ3v) is 7.05. The highest BCUT2D eigenvalue weighted by Crippen LogP contribution is 2.25. The minimum Gasteiger partial charge on any atom is -0.485 e. The van der Waals surface area contributed by atoms with Crippen LogP contribution in [0.15, 0.2) is 28.8 Å². The number of carbonyl (C=O) groups excluding carboxylic acids is 3. The Kier molecular flexibility index (Phi) is 9.44. The zero-order valence-electron chi connectivity index (χ0n) is 24.1. The van der Waals surface area contributed by atoms with Crippen LogP contribution in [0.25, 0.3) is 0 Å². The van der Waals surface area contributed by atoms with Crippen molar-refractivity contribution in [2.45, 2.75) is 78.0 Å².